The van der Waals surface area contributed by atoms with E-state index < -0.39 is 0 Å². The average Bonchev–Trinajstić information content (AvgIpc) is 3.36. The van der Waals surface area contributed by atoms with Gasteiger partial charge in [-0.25, -0.2) is 4.98 Å². The number of H-pyrrole nitrogens is 1. The zero-order valence-electron chi connectivity index (χ0n) is 18.6. The first-order valence-corrected chi connectivity index (χ1v) is 12.4. The van der Waals surface area contributed by atoms with Gasteiger partial charge in [0.1, 0.15) is 0 Å². The molecule has 2 aromatic carbocycles. The Hall–Kier alpha value is -3.46. The van der Waals surface area contributed by atoms with E-state index in [-0.39, 0.29) is 23.4 Å². The van der Waals surface area contributed by atoms with Gasteiger partial charge in [0.05, 0.1) is 10.9 Å². The van der Waals surface area contributed by atoms with Crippen LogP contribution in [0.3, 0.4) is 0 Å². The molecule has 0 spiro atoms. The number of nitrogens with one attached hydrogen (secondary N) is 2. The van der Waals surface area contributed by atoms with E-state index in [0.29, 0.717) is 40.0 Å². The van der Waals surface area contributed by atoms with E-state index in [1.54, 1.807) is 6.07 Å². The van der Waals surface area contributed by atoms with Crippen LogP contribution >= 0.6 is 11.8 Å². The van der Waals surface area contributed by atoms with Crippen LogP contribution in [0, 0.1) is 0 Å². The maximum Gasteiger partial charge on any atom is 0.259 e. The third-order valence-corrected chi connectivity index (χ3v) is 6.94. The van der Waals surface area contributed by atoms with Crippen molar-refractivity contribution in [2.45, 2.75) is 49.2 Å². The van der Waals surface area contributed by atoms with E-state index in [4.69, 9.17) is 4.42 Å². The number of hydrogen-bond acceptors (Lipinski definition) is 7. The van der Waals surface area contributed by atoms with E-state index in [1.807, 2.05) is 48.5 Å². The molecule has 0 saturated heterocycles. The monoisotopic (exact) mass is 475 g/mol. The number of para-hydroxylation sites is 1. The highest BCUT2D eigenvalue weighted by molar-refractivity contribution is 7.99. The molecule has 1 aliphatic rings. The van der Waals surface area contributed by atoms with E-state index >= 15 is 0 Å². The number of thioether (sulfide) groups is 1. The Labute approximate surface area is 200 Å². The van der Waals surface area contributed by atoms with Crippen LogP contribution in [0.5, 0.6) is 0 Å². The Kier molecular flexibility index (Phi) is 6.71. The van der Waals surface area contributed by atoms with E-state index in [0.717, 1.165) is 31.2 Å². The molecule has 0 radical (unpaired) electrons. The van der Waals surface area contributed by atoms with Gasteiger partial charge in [-0.15, -0.1) is 10.2 Å². The van der Waals surface area contributed by atoms with Crippen LogP contribution in [0.4, 0.5) is 0 Å². The first-order chi connectivity index (χ1) is 16.7. The summed E-state index contributed by atoms with van der Waals surface area (Å²) in [6.45, 7) is 0. The van der Waals surface area contributed by atoms with Crippen LogP contribution in [0.25, 0.3) is 22.4 Å². The minimum absolute atomic E-state index is 0.0169. The lowest BCUT2D eigenvalue weighted by molar-refractivity contribution is -0.121. The van der Waals surface area contributed by atoms with Crippen LogP contribution in [-0.2, 0) is 4.79 Å². The molecule has 1 saturated carbocycles. The highest BCUT2D eigenvalue weighted by atomic mass is 32.2. The highest BCUT2D eigenvalue weighted by Gasteiger charge is 2.27. The van der Waals surface area contributed by atoms with Crippen LogP contribution in [0.15, 0.2) is 69.0 Å². The fraction of sp³-hybridized carbons (Fsp3) is 0.320. The number of carbonyl (C=O) groups is 1. The van der Waals surface area contributed by atoms with Crippen LogP contribution in [0.2, 0.25) is 0 Å². The molecule has 5 rings (SSSR count). The summed E-state index contributed by atoms with van der Waals surface area (Å²) in [6.07, 6.45) is 3.93. The van der Waals surface area contributed by atoms with Crippen LogP contribution in [-0.4, -0.2) is 37.9 Å². The zero-order valence-corrected chi connectivity index (χ0v) is 19.4. The maximum atomic E-state index is 12.4. The number of aromatic amines is 1. The molecule has 4 aromatic rings. The smallest absolute Gasteiger partial charge is 0.259 e. The molecule has 174 valence electrons. The van der Waals surface area contributed by atoms with Gasteiger partial charge in [0.2, 0.25) is 17.7 Å². The molecule has 0 aliphatic heterocycles. The standard InChI is InChI=1S/C25H25N5O3S/c31-21(14-15-34-25-27-20-9-5-4-8-19(20)22(32)28-25)26-18-12-10-17(11-13-18)24-30-29-23(33-24)16-6-2-1-3-7-16/h1-9,17-18H,10-15H2,(H,26,31)(H,27,28,32)/t17-,18-. The van der Waals surface area contributed by atoms with Gasteiger partial charge in [-0.2, -0.15) is 0 Å². The molecule has 0 bridgehead atoms. The van der Waals surface area contributed by atoms with Gasteiger partial charge < -0.3 is 14.7 Å². The van der Waals surface area contributed by atoms with Gasteiger partial charge >= 0.3 is 0 Å². The second-order valence-electron chi connectivity index (χ2n) is 8.41. The van der Waals surface area contributed by atoms with Crippen molar-refractivity contribution in [2.24, 2.45) is 0 Å². The Morgan fingerprint density at radius 3 is 2.62 bits per heavy atom. The van der Waals surface area contributed by atoms with Gasteiger partial charge in [-0.1, -0.05) is 42.1 Å². The van der Waals surface area contributed by atoms with Crippen molar-refractivity contribution in [1.29, 1.82) is 0 Å². The van der Waals surface area contributed by atoms with Gasteiger partial charge in [0.25, 0.3) is 5.56 Å². The highest BCUT2D eigenvalue weighted by Crippen LogP contribution is 2.33. The number of amides is 1. The number of benzene rings is 2. The van der Waals surface area contributed by atoms with Crippen LogP contribution in [0.1, 0.15) is 43.9 Å². The predicted octanol–water partition coefficient (Wildman–Crippen LogP) is 4.30. The number of rotatable bonds is 7. The predicted molar refractivity (Wildman–Crippen MR) is 131 cm³/mol. The molecular weight excluding hydrogens is 450 g/mol. The van der Waals surface area contributed by atoms with E-state index in [9.17, 15) is 9.59 Å². The molecular formula is C25H25N5O3S. The van der Waals surface area contributed by atoms with Crippen molar-refractivity contribution in [3.05, 3.63) is 70.8 Å². The lowest BCUT2D eigenvalue weighted by Crippen LogP contribution is -2.37. The summed E-state index contributed by atoms with van der Waals surface area (Å²) in [6, 6.07) is 17.1. The first-order valence-electron chi connectivity index (χ1n) is 11.5. The number of fused-ring (bicyclic) bond motifs is 1. The van der Waals surface area contributed by atoms with Crippen molar-refractivity contribution in [1.82, 2.24) is 25.5 Å². The molecule has 1 fully saturated rings. The molecule has 1 amide bonds. The number of hydrogen-bond donors (Lipinski definition) is 2. The molecule has 2 heterocycles. The molecule has 0 atom stereocenters. The molecule has 8 nitrogen and oxygen atoms in total. The van der Waals surface area contributed by atoms with Crippen molar-refractivity contribution >= 4 is 28.6 Å². The second-order valence-corrected chi connectivity index (χ2v) is 9.50. The lowest BCUT2D eigenvalue weighted by atomic mass is 9.86. The average molecular weight is 476 g/mol. The number of aromatic nitrogens is 4. The van der Waals surface area contributed by atoms with Crippen LogP contribution < -0.4 is 10.9 Å². The summed E-state index contributed by atoms with van der Waals surface area (Å²) in [5, 5.41) is 12.7. The molecule has 34 heavy (non-hydrogen) atoms. The normalized spacial score (nSPS) is 18.1. The molecule has 0 unspecified atom stereocenters. The molecule has 2 aromatic heterocycles. The van der Waals surface area contributed by atoms with E-state index in [1.165, 1.54) is 11.8 Å². The summed E-state index contributed by atoms with van der Waals surface area (Å²) in [7, 11) is 0. The van der Waals surface area contributed by atoms with Gasteiger partial charge in [0.15, 0.2) is 5.16 Å². The third kappa shape index (κ3) is 5.20. The van der Waals surface area contributed by atoms with Crippen molar-refractivity contribution < 1.29 is 9.21 Å². The Bertz CT molecular complexity index is 1330. The fourth-order valence-electron chi connectivity index (χ4n) is 4.26. The Balaban J connectivity index is 1.07. The summed E-state index contributed by atoms with van der Waals surface area (Å²) < 4.78 is 5.91. The summed E-state index contributed by atoms with van der Waals surface area (Å²) in [5.74, 6) is 2.02. The number of carbonyl (C=O) groups excluding carboxylic acids is 1. The Morgan fingerprint density at radius 2 is 1.79 bits per heavy atom. The second kappa shape index (κ2) is 10.2. The lowest BCUT2D eigenvalue weighted by Gasteiger charge is -2.27. The summed E-state index contributed by atoms with van der Waals surface area (Å²) in [5.41, 5.74) is 1.42. The van der Waals surface area contributed by atoms with Gasteiger partial charge in [-0.05, 0) is 49.9 Å². The molecule has 1 aliphatic carbocycles. The quantitative estimate of drug-likeness (QED) is 0.303. The number of nitrogens with zero attached hydrogens (tertiary/aromatic N) is 3. The van der Waals surface area contributed by atoms with E-state index in [2.05, 4.69) is 25.5 Å². The molecule has 9 heteroatoms. The summed E-state index contributed by atoms with van der Waals surface area (Å²) >= 11 is 1.38. The largest absolute Gasteiger partial charge is 0.420 e. The first kappa shape index (κ1) is 22.3. The Morgan fingerprint density at radius 1 is 1.03 bits per heavy atom. The maximum absolute atomic E-state index is 12.4. The molecule has 2 N–H and O–H groups in total. The minimum Gasteiger partial charge on any atom is -0.420 e. The SMILES string of the molecule is O=C(CCSc1nc2ccccc2c(=O)[nH]1)N[C@H]1CC[C@H](c2nnc(-c3ccccc3)o2)CC1. The zero-order chi connectivity index (χ0) is 23.3. The fourth-order valence-corrected chi connectivity index (χ4v) is 5.06. The van der Waals surface area contributed by atoms with Crippen molar-refractivity contribution in [2.75, 3.05) is 5.75 Å². The van der Waals surface area contributed by atoms with Crippen molar-refractivity contribution in [3.63, 3.8) is 0 Å². The minimum atomic E-state index is -0.161. The third-order valence-electron chi connectivity index (χ3n) is 6.06. The van der Waals surface area contributed by atoms with Crippen molar-refractivity contribution in [3.8, 4) is 11.5 Å². The van der Waals surface area contributed by atoms with Gasteiger partial charge in [-0.3, -0.25) is 9.59 Å². The summed E-state index contributed by atoms with van der Waals surface area (Å²) in [4.78, 5) is 31.8. The van der Waals surface area contributed by atoms with Gasteiger partial charge in [0, 0.05) is 29.7 Å². The topological polar surface area (TPSA) is 114 Å².